The quantitative estimate of drug-likeness (QED) is 0.795. The third kappa shape index (κ3) is 3.49. The van der Waals surface area contributed by atoms with Gasteiger partial charge in [-0.3, -0.25) is 4.98 Å². The van der Waals surface area contributed by atoms with Crippen LogP contribution in [0.4, 0.5) is 0 Å². The van der Waals surface area contributed by atoms with Crippen LogP contribution in [0, 0.1) is 0 Å². The minimum Gasteiger partial charge on any atom is -0.507 e. The second kappa shape index (κ2) is 6.68. The number of benzene rings is 1. The third-order valence-electron chi connectivity index (χ3n) is 4.85. The number of pyridine rings is 1. The molecule has 1 atom stereocenters. The molecule has 25 heavy (non-hydrogen) atoms. The van der Waals surface area contributed by atoms with Crippen molar-refractivity contribution in [1.82, 2.24) is 4.98 Å². The van der Waals surface area contributed by atoms with Crippen molar-refractivity contribution < 1.29 is 14.9 Å². The van der Waals surface area contributed by atoms with Crippen molar-refractivity contribution in [2.24, 2.45) is 0 Å². The second-order valence-electron chi connectivity index (χ2n) is 7.58. The highest BCUT2D eigenvalue weighted by Gasteiger charge is 2.47. The summed E-state index contributed by atoms with van der Waals surface area (Å²) in [6.45, 7) is 6.09. The normalized spacial score (nSPS) is 21.4. The van der Waals surface area contributed by atoms with E-state index in [2.05, 4.69) is 11.9 Å². The first-order chi connectivity index (χ1) is 11.9. The molecule has 1 aromatic carbocycles. The van der Waals surface area contributed by atoms with E-state index < -0.39 is 11.2 Å². The van der Waals surface area contributed by atoms with E-state index in [9.17, 15) is 10.2 Å². The SMILES string of the molecule is CCCCCc1cc(O)c2c(c1)OC(C)(C)CC2(O)c1ccncc1. The molecule has 0 amide bonds. The first kappa shape index (κ1) is 17.7. The zero-order valence-corrected chi connectivity index (χ0v) is 15.2. The summed E-state index contributed by atoms with van der Waals surface area (Å²) in [6, 6.07) is 7.32. The van der Waals surface area contributed by atoms with Crippen molar-refractivity contribution in [3.8, 4) is 11.5 Å². The monoisotopic (exact) mass is 341 g/mol. The maximum Gasteiger partial charge on any atom is 0.130 e. The van der Waals surface area contributed by atoms with Crippen LogP contribution < -0.4 is 4.74 Å². The van der Waals surface area contributed by atoms with Gasteiger partial charge in [0, 0.05) is 18.8 Å². The van der Waals surface area contributed by atoms with Crippen molar-refractivity contribution in [3.05, 3.63) is 53.3 Å². The van der Waals surface area contributed by atoms with Gasteiger partial charge >= 0.3 is 0 Å². The lowest BCUT2D eigenvalue weighted by Gasteiger charge is -2.43. The minimum atomic E-state index is -1.30. The predicted molar refractivity (Wildman–Crippen MR) is 97.9 cm³/mol. The lowest BCUT2D eigenvalue weighted by molar-refractivity contribution is -0.0395. The maximum atomic E-state index is 11.5. The van der Waals surface area contributed by atoms with E-state index in [-0.39, 0.29) is 5.75 Å². The molecule has 4 heteroatoms. The van der Waals surface area contributed by atoms with E-state index >= 15 is 0 Å². The molecule has 1 unspecified atom stereocenters. The number of fused-ring (bicyclic) bond motifs is 1. The number of aromatic nitrogens is 1. The van der Waals surface area contributed by atoms with Crippen LogP contribution in [0.3, 0.4) is 0 Å². The van der Waals surface area contributed by atoms with Crippen molar-refractivity contribution in [1.29, 1.82) is 0 Å². The summed E-state index contributed by atoms with van der Waals surface area (Å²) >= 11 is 0. The number of ether oxygens (including phenoxy) is 1. The molecule has 0 saturated heterocycles. The zero-order valence-electron chi connectivity index (χ0n) is 15.2. The Kier molecular flexibility index (Phi) is 4.74. The Morgan fingerprint density at radius 2 is 1.88 bits per heavy atom. The average Bonchev–Trinajstić information content (AvgIpc) is 2.54. The summed E-state index contributed by atoms with van der Waals surface area (Å²) in [5, 5.41) is 22.3. The fourth-order valence-electron chi connectivity index (χ4n) is 3.79. The van der Waals surface area contributed by atoms with Gasteiger partial charge in [0.25, 0.3) is 0 Å². The molecule has 1 aliphatic rings. The smallest absolute Gasteiger partial charge is 0.130 e. The lowest BCUT2D eigenvalue weighted by atomic mass is 9.75. The van der Waals surface area contributed by atoms with E-state index in [0.29, 0.717) is 23.3 Å². The van der Waals surface area contributed by atoms with Crippen LogP contribution in [0.25, 0.3) is 0 Å². The summed E-state index contributed by atoms with van der Waals surface area (Å²) in [5.74, 6) is 0.667. The van der Waals surface area contributed by atoms with Crippen LogP contribution >= 0.6 is 0 Å². The molecule has 1 aliphatic heterocycles. The Morgan fingerprint density at radius 1 is 1.16 bits per heavy atom. The first-order valence-corrected chi connectivity index (χ1v) is 9.04. The summed E-state index contributed by atoms with van der Waals surface area (Å²) in [5.41, 5.74) is 0.372. The molecule has 134 valence electrons. The molecule has 0 saturated carbocycles. The lowest BCUT2D eigenvalue weighted by Crippen LogP contribution is -2.45. The maximum absolute atomic E-state index is 11.5. The minimum absolute atomic E-state index is 0.0961. The summed E-state index contributed by atoms with van der Waals surface area (Å²) < 4.78 is 6.13. The van der Waals surface area contributed by atoms with Gasteiger partial charge < -0.3 is 14.9 Å². The van der Waals surface area contributed by atoms with Crippen LogP contribution in [-0.2, 0) is 12.0 Å². The molecule has 0 bridgehead atoms. The van der Waals surface area contributed by atoms with Crippen molar-refractivity contribution in [2.75, 3.05) is 0 Å². The molecule has 2 N–H and O–H groups in total. The standard InChI is InChI=1S/C21H27NO3/c1-4-5-6-7-15-12-17(23)19-18(13-15)25-20(2,3)14-21(19,24)16-8-10-22-11-9-16/h8-13,23-24H,4-7,14H2,1-3H3. The zero-order chi connectivity index (χ0) is 18.1. The number of hydrogen-bond acceptors (Lipinski definition) is 4. The van der Waals surface area contributed by atoms with Crippen molar-refractivity contribution in [3.63, 3.8) is 0 Å². The molecular weight excluding hydrogens is 314 g/mol. The Labute approximate surface area is 149 Å². The Bertz CT molecular complexity index is 742. The number of aromatic hydroxyl groups is 1. The first-order valence-electron chi connectivity index (χ1n) is 9.04. The van der Waals surface area contributed by atoms with Gasteiger partial charge in [-0.25, -0.2) is 0 Å². The summed E-state index contributed by atoms with van der Waals surface area (Å²) in [4.78, 5) is 4.04. The van der Waals surface area contributed by atoms with Gasteiger partial charge in [0.2, 0.25) is 0 Å². The number of hydrogen-bond donors (Lipinski definition) is 2. The van der Waals surface area contributed by atoms with Gasteiger partial charge in [0.1, 0.15) is 22.7 Å². The second-order valence-corrected chi connectivity index (χ2v) is 7.58. The fourth-order valence-corrected chi connectivity index (χ4v) is 3.79. The number of unbranched alkanes of at least 4 members (excludes halogenated alkanes) is 2. The van der Waals surface area contributed by atoms with Crippen LogP contribution in [0.5, 0.6) is 11.5 Å². The van der Waals surface area contributed by atoms with Gasteiger partial charge in [-0.05, 0) is 62.1 Å². The Morgan fingerprint density at radius 3 is 2.56 bits per heavy atom. The third-order valence-corrected chi connectivity index (χ3v) is 4.85. The van der Waals surface area contributed by atoms with Gasteiger partial charge in [0.15, 0.2) is 0 Å². The average molecular weight is 341 g/mol. The molecule has 0 spiro atoms. The van der Waals surface area contributed by atoms with Gasteiger partial charge in [-0.1, -0.05) is 19.8 Å². The van der Waals surface area contributed by atoms with E-state index in [0.717, 1.165) is 31.2 Å². The van der Waals surface area contributed by atoms with E-state index in [1.807, 2.05) is 19.9 Å². The molecule has 4 nitrogen and oxygen atoms in total. The topological polar surface area (TPSA) is 62.6 Å². The number of aliphatic hydroxyl groups is 1. The number of phenols is 1. The van der Waals surface area contributed by atoms with Crippen LogP contribution in [-0.4, -0.2) is 20.8 Å². The highest BCUT2D eigenvalue weighted by atomic mass is 16.5. The van der Waals surface area contributed by atoms with E-state index in [1.165, 1.54) is 0 Å². The molecule has 2 heterocycles. The van der Waals surface area contributed by atoms with E-state index in [4.69, 9.17) is 4.74 Å². The Balaban J connectivity index is 2.08. The highest BCUT2D eigenvalue weighted by Crippen LogP contribution is 2.51. The molecular formula is C21H27NO3. The van der Waals surface area contributed by atoms with Gasteiger partial charge in [0.05, 0.1) is 5.56 Å². The van der Waals surface area contributed by atoms with Crippen LogP contribution in [0.15, 0.2) is 36.7 Å². The molecule has 3 rings (SSSR count). The number of phenolic OH excluding ortho intramolecular Hbond substituents is 1. The van der Waals surface area contributed by atoms with Gasteiger partial charge in [-0.2, -0.15) is 0 Å². The summed E-state index contributed by atoms with van der Waals surface area (Å²) in [7, 11) is 0. The summed E-state index contributed by atoms with van der Waals surface area (Å²) in [6.07, 6.45) is 7.96. The highest BCUT2D eigenvalue weighted by molar-refractivity contribution is 5.56. The largest absolute Gasteiger partial charge is 0.507 e. The molecule has 1 aromatic heterocycles. The van der Waals surface area contributed by atoms with Crippen LogP contribution in [0.2, 0.25) is 0 Å². The fraction of sp³-hybridized carbons (Fsp3) is 0.476. The number of nitrogens with zero attached hydrogens (tertiary/aromatic N) is 1. The Hall–Kier alpha value is -2.07. The molecule has 0 aliphatic carbocycles. The van der Waals surface area contributed by atoms with Crippen LogP contribution in [0.1, 0.15) is 63.1 Å². The van der Waals surface area contributed by atoms with E-state index in [1.54, 1.807) is 30.6 Å². The molecule has 0 radical (unpaired) electrons. The number of rotatable bonds is 5. The number of aryl methyl sites for hydroxylation is 1. The molecule has 2 aromatic rings. The van der Waals surface area contributed by atoms with Gasteiger partial charge in [-0.15, -0.1) is 0 Å². The van der Waals surface area contributed by atoms with Crippen molar-refractivity contribution in [2.45, 2.75) is 64.1 Å². The predicted octanol–water partition coefficient (Wildman–Crippen LogP) is 4.32. The molecule has 0 fully saturated rings. The van der Waals surface area contributed by atoms with Crippen molar-refractivity contribution >= 4 is 0 Å².